The first-order valence-electron chi connectivity index (χ1n) is 8.19. The molecule has 0 atom stereocenters. The first kappa shape index (κ1) is 22.0. The van der Waals surface area contributed by atoms with Crippen LogP contribution in [-0.2, 0) is 6.42 Å². The van der Waals surface area contributed by atoms with Crippen molar-refractivity contribution in [3.8, 4) is 11.5 Å². The predicted octanol–water partition coefficient (Wildman–Crippen LogP) is 4.08. The number of guanidine groups is 1. The van der Waals surface area contributed by atoms with E-state index in [4.69, 9.17) is 9.47 Å². The Kier molecular flexibility index (Phi) is 9.79. The molecule has 0 heterocycles. The van der Waals surface area contributed by atoms with E-state index in [0.717, 1.165) is 11.3 Å². The van der Waals surface area contributed by atoms with Gasteiger partial charge in [-0.3, -0.25) is 4.99 Å². The fraction of sp³-hybridized carbons (Fsp3) is 0.316. The standard InChI is InChI=1S/C19H24FN3O2.HI/c1-4-25-17-9-8-16(13-18(17)24-3)23-19(21-2)22-11-10-14-6-5-7-15(20)12-14;/h5-9,12-13H,4,10-11H2,1-3H3,(H2,21,22,23);1H. The van der Waals surface area contributed by atoms with Crippen molar-refractivity contribution in [1.29, 1.82) is 0 Å². The molecular weight excluding hydrogens is 448 g/mol. The van der Waals surface area contributed by atoms with Crippen LogP contribution >= 0.6 is 24.0 Å². The van der Waals surface area contributed by atoms with E-state index in [9.17, 15) is 4.39 Å². The third-order valence-electron chi connectivity index (χ3n) is 3.54. The maximum Gasteiger partial charge on any atom is 0.195 e. The maximum absolute atomic E-state index is 13.2. The van der Waals surface area contributed by atoms with Crippen molar-refractivity contribution in [1.82, 2.24) is 5.32 Å². The van der Waals surface area contributed by atoms with Crippen molar-refractivity contribution in [2.24, 2.45) is 4.99 Å². The van der Waals surface area contributed by atoms with Gasteiger partial charge in [-0.1, -0.05) is 12.1 Å². The van der Waals surface area contributed by atoms with Gasteiger partial charge in [0.15, 0.2) is 17.5 Å². The van der Waals surface area contributed by atoms with Gasteiger partial charge in [0.2, 0.25) is 0 Å². The molecule has 7 heteroatoms. The molecule has 0 radical (unpaired) electrons. The molecule has 0 spiro atoms. The van der Waals surface area contributed by atoms with Crippen molar-refractivity contribution in [2.45, 2.75) is 13.3 Å². The molecule has 0 amide bonds. The number of halogens is 2. The molecule has 26 heavy (non-hydrogen) atoms. The van der Waals surface area contributed by atoms with Gasteiger partial charge in [0.05, 0.1) is 13.7 Å². The number of methoxy groups -OCH3 is 1. The van der Waals surface area contributed by atoms with E-state index >= 15 is 0 Å². The van der Waals surface area contributed by atoms with Gasteiger partial charge in [0, 0.05) is 25.3 Å². The molecule has 0 aromatic heterocycles. The second-order valence-corrected chi connectivity index (χ2v) is 5.30. The SMILES string of the molecule is CCOc1ccc(NC(=NC)NCCc2cccc(F)c2)cc1OC.I. The number of anilines is 1. The summed E-state index contributed by atoms with van der Waals surface area (Å²) in [6.07, 6.45) is 0.699. The summed E-state index contributed by atoms with van der Waals surface area (Å²) < 4.78 is 24.0. The topological polar surface area (TPSA) is 54.9 Å². The number of hydrogen-bond donors (Lipinski definition) is 2. The average Bonchev–Trinajstić information content (AvgIpc) is 2.62. The lowest BCUT2D eigenvalue weighted by atomic mass is 10.1. The van der Waals surface area contributed by atoms with E-state index in [0.29, 0.717) is 37.0 Å². The van der Waals surface area contributed by atoms with Crippen LogP contribution in [0, 0.1) is 5.82 Å². The molecule has 0 saturated heterocycles. The summed E-state index contributed by atoms with van der Waals surface area (Å²) >= 11 is 0. The van der Waals surface area contributed by atoms with Gasteiger partial charge in [-0.2, -0.15) is 0 Å². The Morgan fingerprint density at radius 2 is 1.96 bits per heavy atom. The Labute approximate surface area is 171 Å². The van der Waals surface area contributed by atoms with Crippen molar-refractivity contribution in [3.05, 3.63) is 53.8 Å². The van der Waals surface area contributed by atoms with E-state index in [1.165, 1.54) is 12.1 Å². The highest BCUT2D eigenvalue weighted by molar-refractivity contribution is 14.0. The second-order valence-electron chi connectivity index (χ2n) is 5.30. The molecule has 0 bridgehead atoms. The highest BCUT2D eigenvalue weighted by Crippen LogP contribution is 2.30. The fourth-order valence-corrected chi connectivity index (χ4v) is 2.35. The van der Waals surface area contributed by atoms with Crippen LogP contribution in [0.25, 0.3) is 0 Å². The van der Waals surface area contributed by atoms with Gasteiger partial charge in [-0.25, -0.2) is 4.39 Å². The molecule has 0 aliphatic heterocycles. The summed E-state index contributed by atoms with van der Waals surface area (Å²) in [5.74, 6) is 1.76. The van der Waals surface area contributed by atoms with Gasteiger partial charge < -0.3 is 20.1 Å². The Bertz CT molecular complexity index is 726. The average molecular weight is 473 g/mol. The van der Waals surface area contributed by atoms with Crippen LogP contribution in [-0.4, -0.2) is 33.3 Å². The number of hydrogen-bond acceptors (Lipinski definition) is 3. The zero-order valence-electron chi connectivity index (χ0n) is 15.2. The minimum absolute atomic E-state index is 0. The van der Waals surface area contributed by atoms with Gasteiger partial charge in [0.25, 0.3) is 0 Å². The molecule has 2 N–H and O–H groups in total. The Morgan fingerprint density at radius 3 is 2.62 bits per heavy atom. The van der Waals surface area contributed by atoms with Crippen LogP contribution in [0.15, 0.2) is 47.5 Å². The number of nitrogens with one attached hydrogen (secondary N) is 2. The zero-order chi connectivity index (χ0) is 18.1. The summed E-state index contributed by atoms with van der Waals surface area (Å²) in [5, 5.41) is 6.41. The van der Waals surface area contributed by atoms with Crippen molar-refractivity contribution in [3.63, 3.8) is 0 Å². The molecule has 142 valence electrons. The summed E-state index contributed by atoms with van der Waals surface area (Å²) in [7, 11) is 3.30. The summed E-state index contributed by atoms with van der Waals surface area (Å²) in [5.41, 5.74) is 1.77. The molecule has 5 nitrogen and oxygen atoms in total. The van der Waals surface area contributed by atoms with E-state index in [1.54, 1.807) is 20.2 Å². The lowest BCUT2D eigenvalue weighted by Crippen LogP contribution is -2.32. The first-order chi connectivity index (χ1) is 12.2. The number of benzene rings is 2. The van der Waals surface area contributed by atoms with Crippen LogP contribution in [0.2, 0.25) is 0 Å². The van der Waals surface area contributed by atoms with Crippen LogP contribution in [0.5, 0.6) is 11.5 Å². The number of aliphatic imine (C=N–C) groups is 1. The van der Waals surface area contributed by atoms with E-state index in [1.807, 2.05) is 31.2 Å². The molecule has 0 aliphatic rings. The van der Waals surface area contributed by atoms with Gasteiger partial charge in [0.1, 0.15) is 5.82 Å². The van der Waals surface area contributed by atoms with Gasteiger partial charge in [-0.05, 0) is 43.2 Å². The summed E-state index contributed by atoms with van der Waals surface area (Å²) in [6, 6.07) is 12.2. The van der Waals surface area contributed by atoms with Crippen LogP contribution in [0.3, 0.4) is 0 Å². The maximum atomic E-state index is 13.2. The first-order valence-corrected chi connectivity index (χ1v) is 8.19. The third-order valence-corrected chi connectivity index (χ3v) is 3.54. The quantitative estimate of drug-likeness (QED) is 0.362. The summed E-state index contributed by atoms with van der Waals surface area (Å²) in [4.78, 5) is 4.19. The van der Waals surface area contributed by atoms with Crippen LogP contribution < -0.4 is 20.1 Å². The van der Waals surface area contributed by atoms with Crippen LogP contribution in [0.1, 0.15) is 12.5 Å². The Balaban J connectivity index is 0.00000338. The molecular formula is C19H25FIN3O2. The molecule has 2 aromatic rings. The monoisotopic (exact) mass is 473 g/mol. The Hall–Kier alpha value is -2.03. The molecule has 0 fully saturated rings. The second kappa shape index (κ2) is 11.6. The lowest BCUT2D eigenvalue weighted by Gasteiger charge is -2.14. The number of rotatable bonds is 7. The number of ether oxygens (including phenoxy) is 2. The van der Waals surface area contributed by atoms with Crippen molar-refractivity contribution >= 4 is 35.6 Å². The van der Waals surface area contributed by atoms with Crippen molar-refractivity contribution in [2.75, 3.05) is 32.6 Å². The lowest BCUT2D eigenvalue weighted by molar-refractivity contribution is 0.311. The number of nitrogens with zero attached hydrogens (tertiary/aromatic N) is 1. The van der Waals surface area contributed by atoms with E-state index in [2.05, 4.69) is 15.6 Å². The Morgan fingerprint density at radius 1 is 1.15 bits per heavy atom. The highest BCUT2D eigenvalue weighted by atomic mass is 127. The molecule has 0 aliphatic carbocycles. The normalized spacial score (nSPS) is 10.7. The van der Waals surface area contributed by atoms with E-state index < -0.39 is 0 Å². The van der Waals surface area contributed by atoms with Crippen LogP contribution in [0.4, 0.5) is 10.1 Å². The third kappa shape index (κ3) is 6.70. The molecule has 2 rings (SSSR count). The van der Waals surface area contributed by atoms with Crippen molar-refractivity contribution < 1.29 is 13.9 Å². The molecule has 2 aromatic carbocycles. The minimum Gasteiger partial charge on any atom is -0.493 e. The molecule has 0 saturated carbocycles. The zero-order valence-corrected chi connectivity index (χ0v) is 17.5. The van der Waals surface area contributed by atoms with E-state index in [-0.39, 0.29) is 29.8 Å². The minimum atomic E-state index is -0.221. The highest BCUT2D eigenvalue weighted by Gasteiger charge is 2.07. The predicted molar refractivity (Wildman–Crippen MR) is 115 cm³/mol. The smallest absolute Gasteiger partial charge is 0.195 e. The largest absolute Gasteiger partial charge is 0.493 e. The van der Waals surface area contributed by atoms with Gasteiger partial charge in [-0.15, -0.1) is 24.0 Å². The summed E-state index contributed by atoms with van der Waals surface area (Å²) in [6.45, 7) is 3.14. The molecule has 0 unspecified atom stereocenters. The van der Waals surface area contributed by atoms with Gasteiger partial charge >= 0.3 is 0 Å². The fourth-order valence-electron chi connectivity index (χ4n) is 2.35.